The molecule has 0 bridgehead atoms. The summed E-state index contributed by atoms with van der Waals surface area (Å²) in [5.41, 5.74) is 6.17. The maximum atomic E-state index is 11.9. The van der Waals surface area contributed by atoms with Crippen LogP contribution >= 0.6 is 12.4 Å². The van der Waals surface area contributed by atoms with Crippen LogP contribution in [0.3, 0.4) is 0 Å². The van der Waals surface area contributed by atoms with E-state index >= 15 is 0 Å². The van der Waals surface area contributed by atoms with Crippen LogP contribution in [-0.2, 0) is 14.3 Å². The van der Waals surface area contributed by atoms with Gasteiger partial charge in [-0.25, -0.2) is 0 Å². The summed E-state index contributed by atoms with van der Waals surface area (Å²) in [6.07, 6.45) is 0. The standard InChI is InChI=1S/C12H16N2O3.ClH/c1-9(13)12(16)14(8-11(15)17-2)10-6-4-3-5-7-10;/h3-7,9H,8,13H2,1-2H3;1H/t9-;/m0./s1. The van der Waals surface area contributed by atoms with Gasteiger partial charge in [-0.2, -0.15) is 0 Å². The average Bonchev–Trinajstić information content (AvgIpc) is 2.35. The lowest BCUT2D eigenvalue weighted by Crippen LogP contribution is -2.44. The van der Waals surface area contributed by atoms with Gasteiger partial charge in [-0.3, -0.25) is 14.5 Å². The van der Waals surface area contributed by atoms with Crippen LogP contribution in [0.25, 0.3) is 0 Å². The molecular formula is C12H17ClN2O3. The number of nitrogens with zero attached hydrogens (tertiary/aromatic N) is 1. The Bertz CT molecular complexity index is 396. The molecule has 1 aromatic rings. The molecule has 18 heavy (non-hydrogen) atoms. The molecule has 0 aliphatic heterocycles. The molecule has 0 aliphatic rings. The first-order valence-electron chi connectivity index (χ1n) is 5.25. The van der Waals surface area contributed by atoms with Gasteiger partial charge < -0.3 is 10.5 Å². The summed E-state index contributed by atoms with van der Waals surface area (Å²) in [7, 11) is 1.28. The summed E-state index contributed by atoms with van der Waals surface area (Å²) in [4.78, 5) is 24.5. The largest absolute Gasteiger partial charge is 0.468 e. The third-order valence-electron chi connectivity index (χ3n) is 2.24. The molecule has 0 radical (unpaired) electrons. The van der Waals surface area contributed by atoms with E-state index < -0.39 is 12.0 Å². The highest BCUT2D eigenvalue weighted by molar-refractivity contribution is 6.00. The van der Waals surface area contributed by atoms with Crippen LogP contribution in [0.5, 0.6) is 0 Å². The van der Waals surface area contributed by atoms with Crippen molar-refractivity contribution < 1.29 is 14.3 Å². The number of esters is 1. The van der Waals surface area contributed by atoms with E-state index in [1.54, 1.807) is 31.2 Å². The third kappa shape index (κ3) is 4.35. The lowest BCUT2D eigenvalue weighted by atomic mass is 10.2. The second kappa shape index (κ2) is 7.68. The topological polar surface area (TPSA) is 72.6 Å². The van der Waals surface area contributed by atoms with Crippen molar-refractivity contribution in [3.8, 4) is 0 Å². The van der Waals surface area contributed by atoms with Gasteiger partial charge in [-0.05, 0) is 19.1 Å². The molecule has 0 aromatic heterocycles. The first kappa shape index (κ1) is 16.4. The number of rotatable bonds is 4. The Morgan fingerprint density at radius 3 is 2.33 bits per heavy atom. The van der Waals surface area contributed by atoms with Crippen molar-refractivity contribution in [2.45, 2.75) is 13.0 Å². The van der Waals surface area contributed by atoms with E-state index in [0.29, 0.717) is 5.69 Å². The second-order valence-electron chi connectivity index (χ2n) is 3.62. The van der Waals surface area contributed by atoms with E-state index in [9.17, 15) is 9.59 Å². The maximum Gasteiger partial charge on any atom is 0.325 e. The predicted molar refractivity (Wildman–Crippen MR) is 71.7 cm³/mol. The maximum absolute atomic E-state index is 11.9. The molecule has 0 aliphatic carbocycles. The van der Waals surface area contributed by atoms with Crippen molar-refractivity contribution in [3.63, 3.8) is 0 Å². The van der Waals surface area contributed by atoms with E-state index in [4.69, 9.17) is 5.73 Å². The average molecular weight is 273 g/mol. The molecule has 0 spiro atoms. The van der Waals surface area contributed by atoms with Crippen LogP contribution in [-0.4, -0.2) is 31.6 Å². The predicted octanol–water partition coefficient (Wildman–Crippen LogP) is 0.962. The van der Waals surface area contributed by atoms with Crippen molar-refractivity contribution in [1.29, 1.82) is 0 Å². The Balaban J connectivity index is 0.00000289. The number of methoxy groups -OCH3 is 1. The molecule has 2 N–H and O–H groups in total. The highest BCUT2D eigenvalue weighted by Crippen LogP contribution is 2.14. The molecule has 0 saturated carbocycles. The lowest BCUT2D eigenvalue weighted by Gasteiger charge is -2.23. The van der Waals surface area contributed by atoms with Crippen molar-refractivity contribution in [1.82, 2.24) is 0 Å². The lowest BCUT2D eigenvalue weighted by molar-refractivity contribution is -0.140. The molecule has 0 unspecified atom stereocenters. The number of nitrogens with two attached hydrogens (primary N) is 1. The first-order chi connectivity index (χ1) is 8.06. The van der Waals surface area contributed by atoms with Gasteiger partial charge in [0.1, 0.15) is 6.54 Å². The highest BCUT2D eigenvalue weighted by Gasteiger charge is 2.21. The van der Waals surface area contributed by atoms with E-state index in [1.807, 2.05) is 6.07 Å². The van der Waals surface area contributed by atoms with Gasteiger partial charge in [0.25, 0.3) is 0 Å². The number of carbonyl (C=O) groups is 2. The van der Waals surface area contributed by atoms with Crippen molar-refractivity contribution >= 4 is 30.0 Å². The minimum Gasteiger partial charge on any atom is -0.468 e. The fourth-order valence-corrected chi connectivity index (χ4v) is 1.34. The molecular weight excluding hydrogens is 256 g/mol. The minimum absolute atomic E-state index is 0. The highest BCUT2D eigenvalue weighted by atomic mass is 35.5. The number of halogens is 1. The van der Waals surface area contributed by atoms with Crippen molar-refractivity contribution in [2.75, 3.05) is 18.6 Å². The quantitative estimate of drug-likeness (QED) is 0.829. The molecule has 1 aromatic carbocycles. The number of ether oxygens (including phenoxy) is 1. The summed E-state index contributed by atoms with van der Waals surface area (Å²) in [6.45, 7) is 1.44. The Kier molecular flexibility index (Phi) is 7.00. The zero-order valence-electron chi connectivity index (χ0n) is 10.3. The SMILES string of the molecule is COC(=O)CN(C(=O)[C@H](C)N)c1ccccc1.Cl. The van der Waals surface area contributed by atoms with Gasteiger partial charge in [0.05, 0.1) is 13.2 Å². The molecule has 1 rings (SSSR count). The number of anilines is 1. The van der Waals surface area contributed by atoms with Crippen molar-refractivity contribution in [3.05, 3.63) is 30.3 Å². The Morgan fingerprint density at radius 2 is 1.89 bits per heavy atom. The number of hydrogen-bond acceptors (Lipinski definition) is 4. The monoisotopic (exact) mass is 272 g/mol. The number of benzene rings is 1. The van der Waals surface area contributed by atoms with Crippen LogP contribution < -0.4 is 10.6 Å². The van der Waals surface area contributed by atoms with E-state index in [2.05, 4.69) is 4.74 Å². The van der Waals surface area contributed by atoms with Gasteiger partial charge in [0.15, 0.2) is 0 Å². The Hall–Kier alpha value is -1.59. The second-order valence-corrected chi connectivity index (χ2v) is 3.62. The Morgan fingerprint density at radius 1 is 1.33 bits per heavy atom. The Labute approximate surface area is 112 Å². The molecule has 0 fully saturated rings. The number of hydrogen-bond donors (Lipinski definition) is 1. The van der Waals surface area contributed by atoms with E-state index in [1.165, 1.54) is 12.0 Å². The van der Waals surface area contributed by atoms with Gasteiger partial charge in [-0.15, -0.1) is 12.4 Å². The molecule has 1 amide bonds. The summed E-state index contributed by atoms with van der Waals surface area (Å²) < 4.78 is 4.56. The van der Waals surface area contributed by atoms with Crippen LogP contribution in [0, 0.1) is 0 Å². The summed E-state index contributed by atoms with van der Waals surface area (Å²) >= 11 is 0. The fraction of sp³-hybridized carbons (Fsp3) is 0.333. The van der Waals surface area contributed by atoms with Crippen LogP contribution in [0.1, 0.15) is 6.92 Å². The number of carbonyl (C=O) groups excluding carboxylic acids is 2. The zero-order valence-corrected chi connectivity index (χ0v) is 11.1. The van der Waals surface area contributed by atoms with Crippen molar-refractivity contribution in [2.24, 2.45) is 5.73 Å². The van der Waals surface area contributed by atoms with Crippen LogP contribution in [0.4, 0.5) is 5.69 Å². The molecule has 0 saturated heterocycles. The molecule has 1 atom stereocenters. The summed E-state index contributed by atoms with van der Waals surface area (Å²) in [5, 5.41) is 0. The first-order valence-corrected chi connectivity index (χ1v) is 5.25. The zero-order chi connectivity index (χ0) is 12.8. The van der Waals surface area contributed by atoms with Gasteiger partial charge in [-0.1, -0.05) is 18.2 Å². The number of para-hydroxylation sites is 1. The van der Waals surface area contributed by atoms with Gasteiger partial charge in [0, 0.05) is 5.69 Å². The molecule has 0 heterocycles. The molecule has 6 heteroatoms. The van der Waals surface area contributed by atoms with E-state index in [-0.39, 0.29) is 24.9 Å². The van der Waals surface area contributed by atoms with Crippen LogP contribution in [0.15, 0.2) is 30.3 Å². The summed E-state index contributed by atoms with van der Waals surface area (Å²) in [5.74, 6) is -0.801. The van der Waals surface area contributed by atoms with Crippen LogP contribution in [0.2, 0.25) is 0 Å². The minimum atomic E-state index is -0.667. The smallest absolute Gasteiger partial charge is 0.325 e. The molecule has 100 valence electrons. The fourth-order valence-electron chi connectivity index (χ4n) is 1.34. The third-order valence-corrected chi connectivity index (χ3v) is 2.24. The molecule has 5 nitrogen and oxygen atoms in total. The summed E-state index contributed by atoms with van der Waals surface area (Å²) in [6, 6.07) is 8.21. The van der Waals surface area contributed by atoms with Gasteiger partial charge >= 0.3 is 5.97 Å². The normalized spacial score (nSPS) is 11.1. The number of amides is 1. The van der Waals surface area contributed by atoms with Gasteiger partial charge in [0.2, 0.25) is 5.91 Å². The van der Waals surface area contributed by atoms with E-state index in [0.717, 1.165) is 0 Å².